The Kier molecular flexibility index (Phi) is 6.09. The second kappa shape index (κ2) is 9.73. The molecule has 6 heteroatoms. The lowest BCUT2D eigenvalue weighted by Crippen LogP contribution is -2.52. The minimum atomic E-state index is -2.31. The number of pyridine rings is 1. The lowest BCUT2D eigenvalue weighted by Gasteiger charge is -2.25. The maximum Gasteiger partial charge on any atom is 0.162 e. The van der Waals surface area contributed by atoms with Crippen LogP contribution in [0.15, 0.2) is 60.8 Å². The minimum absolute atomic E-state index is 0.243. The molecule has 0 saturated heterocycles. The number of nitrogens with zero attached hydrogens (tertiary/aromatic N) is 4. The molecule has 0 spiro atoms. The summed E-state index contributed by atoms with van der Waals surface area (Å²) in [5.74, 6) is 0.692. The van der Waals surface area contributed by atoms with E-state index in [1.54, 1.807) is 0 Å². The monoisotopic (exact) mass is 527 g/mol. The van der Waals surface area contributed by atoms with E-state index in [0.29, 0.717) is 11.4 Å². The maximum absolute atomic E-state index is 8.28. The third-order valence-electron chi connectivity index (χ3n) is 6.33. The van der Waals surface area contributed by atoms with E-state index in [2.05, 4.69) is 71.1 Å². The van der Waals surface area contributed by atoms with Gasteiger partial charge in [-0.2, -0.15) is 0 Å². The molecule has 0 bridgehead atoms. The third kappa shape index (κ3) is 5.96. The van der Waals surface area contributed by atoms with Gasteiger partial charge >= 0.3 is 0 Å². The van der Waals surface area contributed by atoms with Crippen LogP contribution in [0.25, 0.3) is 33.8 Å². The van der Waals surface area contributed by atoms with Crippen LogP contribution >= 0.6 is 0 Å². The fraction of sp³-hybridized carbons (Fsp3) is 0.355. The summed E-state index contributed by atoms with van der Waals surface area (Å²) in [6, 6.07) is 18.0. The van der Waals surface area contributed by atoms with Gasteiger partial charge in [-0.25, -0.2) is 15.0 Å². The predicted octanol–water partition coefficient (Wildman–Crippen LogP) is 6.96. The first-order chi connectivity index (χ1) is 18.4. The van der Waals surface area contributed by atoms with E-state index in [4.69, 9.17) is 19.1 Å². The summed E-state index contributed by atoms with van der Waals surface area (Å²) >= 11 is 0. The molecule has 0 fully saturated rings. The zero-order valence-electron chi connectivity index (χ0n) is 26.6. The van der Waals surface area contributed by atoms with Crippen molar-refractivity contribution in [1.82, 2.24) is 19.9 Å². The largest absolute Gasteiger partial charge is 0.256 e. The zero-order valence-corrected chi connectivity index (χ0v) is 25.6. The Morgan fingerprint density at radius 1 is 0.703 bits per heavy atom. The van der Waals surface area contributed by atoms with Crippen molar-refractivity contribution in [2.24, 2.45) is 0 Å². The first-order valence-corrected chi connectivity index (χ1v) is 19.8. The molecule has 4 rings (SSSR count). The molecule has 4 aromatic rings. The molecule has 0 N–H and O–H groups in total. The van der Waals surface area contributed by atoms with Gasteiger partial charge in [0.05, 0.1) is 5.69 Å². The van der Waals surface area contributed by atoms with Gasteiger partial charge in [-0.1, -0.05) is 103 Å². The Bertz CT molecular complexity index is 1500. The van der Waals surface area contributed by atoms with Crippen LogP contribution in [0.4, 0.5) is 0 Å². The van der Waals surface area contributed by atoms with Gasteiger partial charge < -0.3 is 0 Å². The average molecular weight is 528 g/mol. The van der Waals surface area contributed by atoms with Crippen molar-refractivity contribution >= 4 is 27.0 Å². The van der Waals surface area contributed by atoms with E-state index in [-0.39, 0.29) is 11.0 Å². The predicted molar refractivity (Wildman–Crippen MR) is 163 cm³/mol. The molecule has 2 aromatic heterocycles. The van der Waals surface area contributed by atoms with Gasteiger partial charge in [-0.05, 0) is 46.7 Å². The second-order valence-corrected chi connectivity index (χ2v) is 22.7. The average Bonchev–Trinajstić information content (AvgIpc) is 2.86. The quantitative estimate of drug-likeness (QED) is 0.263. The Hall–Kier alpha value is -2.97. The molecule has 0 unspecified atom stereocenters. The van der Waals surface area contributed by atoms with Gasteiger partial charge in [0.1, 0.15) is 27.0 Å². The fourth-order valence-corrected chi connectivity index (χ4v) is 6.04. The first kappa shape index (κ1) is 23.2. The molecule has 0 radical (unpaired) electrons. The van der Waals surface area contributed by atoms with Gasteiger partial charge in [0.25, 0.3) is 0 Å². The van der Waals surface area contributed by atoms with Crippen molar-refractivity contribution < 1.29 is 4.11 Å². The van der Waals surface area contributed by atoms with E-state index in [0.717, 1.165) is 38.8 Å². The highest BCUT2D eigenvalue weighted by Gasteiger charge is 2.28. The van der Waals surface area contributed by atoms with E-state index >= 15 is 0 Å². The number of rotatable bonds is 5. The second-order valence-electron chi connectivity index (χ2n) is 12.8. The Morgan fingerprint density at radius 2 is 1.32 bits per heavy atom. The van der Waals surface area contributed by atoms with Crippen LogP contribution in [0.3, 0.4) is 0 Å². The van der Waals surface area contributed by atoms with Crippen LogP contribution in [0, 0.1) is 6.85 Å². The number of aryl methyl sites for hydroxylation is 1. The fourth-order valence-electron chi connectivity index (χ4n) is 4.16. The topological polar surface area (TPSA) is 51.6 Å². The highest BCUT2D eigenvalue weighted by Crippen LogP contribution is 2.38. The van der Waals surface area contributed by atoms with Crippen LogP contribution in [-0.2, 0) is 5.41 Å². The normalized spacial score (nSPS) is 14.1. The van der Waals surface area contributed by atoms with Crippen LogP contribution in [0.5, 0.6) is 0 Å². The molecule has 0 aliphatic carbocycles. The third-order valence-corrected chi connectivity index (χ3v) is 9.46. The Labute approximate surface area is 228 Å². The number of hydrogen-bond acceptors (Lipinski definition) is 4. The van der Waals surface area contributed by atoms with Gasteiger partial charge in [-0.15, -0.1) is 0 Å². The standard InChI is InChI=1S/C31H40N4Si2/c1-21-20-32-27(22-14-12-11-13-15-22)19-25(21)24-17-16-23(18-26(24)31(2,3)4)28-33-29(36(5,6)7)35-30(34-28)37(8,9)10/h11-20H,1-10H3/i1D3. The summed E-state index contributed by atoms with van der Waals surface area (Å²) in [6.07, 6.45) is 1.51. The van der Waals surface area contributed by atoms with Gasteiger partial charge in [-0.3, -0.25) is 4.98 Å². The van der Waals surface area contributed by atoms with Crippen LogP contribution in [0.1, 0.15) is 36.0 Å². The van der Waals surface area contributed by atoms with Crippen LogP contribution < -0.4 is 10.9 Å². The van der Waals surface area contributed by atoms with Crippen LogP contribution in [0.2, 0.25) is 39.3 Å². The molecule has 4 nitrogen and oxygen atoms in total. The maximum atomic E-state index is 8.28. The molecular weight excluding hydrogens is 485 g/mol. The molecule has 0 amide bonds. The molecular formula is C31H40N4Si2. The molecule has 37 heavy (non-hydrogen) atoms. The van der Waals surface area contributed by atoms with Crippen molar-refractivity contribution in [3.8, 4) is 33.8 Å². The van der Waals surface area contributed by atoms with Gasteiger partial charge in [0.2, 0.25) is 0 Å². The highest BCUT2D eigenvalue weighted by molar-refractivity contribution is 6.89. The number of hydrogen-bond donors (Lipinski definition) is 0. The van der Waals surface area contributed by atoms with Crippen molar-refractivity contribution in [2.45, 2.75) is 72.3 Å². The van der Waals surface area contributed by atoms with Crippen molar-refractivity contribution in [3.05, 3.63) is 71.9 Å². The van der Waals surface area contributed by atoms with E-state index < -0.39 is 23.0 Å². The number of aromatic nitrogens is 4. The lowest BCUT2D eigenvalue weighted by atomic mass is 9.80. The Balaban J connectivity index is 1.99. The molecule has 2 heterocycles. The molecule has 2 aromatic carbocycles. The highest BCUT2D eigenvalue weighted by atomic mass is 28.3. The van der Waals surface area contributed by atoms with Crippen molar-refractivity contribution in [2.75, 3.05) is 0 Å². The Morgan fingerprint density at radius 3 is 1.86 bits per heavy atom. The minimum Gasteiger partial charge on any atom is -0.256 e. The summed E-state index contributed by atoms with van der Waals surface area (Å²) < 4.78 is 24.8. The van der Waals surface area contributed by atoms with Crippen LogP contribution in [-0.4, -0.2) is 36.1 Å². The van der Waals surface area contributed by atoms with E-state index in [1.807, 2.05) is 48.5 Å². The van der Waals surface area contributed by atoms with Gasteiger partial charge in [0.15, 0.2) is 5.82 Å². The van der Waals surface area contributed by atoms with E-state index in [1.165, 1.54) is 6.20 Å². The smallest absolute Gasteiger partial charge is 0.162 e. The summed E-state index contributed by atoms with van der Waals surface area (Å²) in [6.45, 7) is 17.7. The zero-order chi connectivity index (χ0) is 29.7. The molecule has 0 aliphatic rings. The lowest BCUT2D eigenvalue weighted by molar-refractivity contribution is 0.592. The summed E-state index contributed by atoms with van der Waals surface area (Å²) in [7, 11) is -3.60. The molecule has 0 atom stereocenters. The first-order valence-electron chi connectivity index (χ1n) is 14.3. The van der Waals surface area contributed by atoms with Crippen molar-refractivity contribution in [3.63, 3.8) is 0 Å². The molecule has 0 aliphatic heterocycles. The van der Waals surface area contributed by atoms with Crippen molar-refractivity contribution in [1.29, 1.82) is 0 Å². The number of benzene rings is 2. The summed E-state index contributed by atoms with van der Waals surface area (Å²) in [5.41, 5.74) is 7.00. The SMILES string of the molecule is [2H]C([2H])([2H])c1cnc(-c2ccccc2)cc1-c1ccc(-c2nc([Si](C)(C)C)nc([Si](C)(C)C)n2)cc1C(C)(C)C. The summed E-state index contributed by atoms with van der Waals surface area (Å²) in [4.78, 5) is 19.5. The summed E-state index contributed by atoms with van der Waals surface area (Å²) in [5, 5.41) is 0. The molecule has 192 valence electrons. The van der Waals surface area contributed by atoms with E-state index in [9.17, 15) is 0 Å². The van der Waals surface area contributed by atoms with Gasteiger partial charge in [0, 0.05) is 21.4 Å². The molecule has 0 saturated carbocycles.